The molecule has 0 saturated carbocycles. The number of halogens is 2. The van der Waals surface area contributed by atoms with Crippen LogP contribution in [0.3, 0.4) is 0 Å². The Hall–Kier alpha value is -4.08. The lowest BCUT2D eigenvalue weighted by molar-refractivity contribution is 0.0613. The summed E-state index contributed by atoms with van der Waals surface area (Å²) in [5.41, 5.74) is 8.55. The lowest BCUT2D eigenvalue weighted by Crippen LogP contribution is -2.41. The Balaban J connectivity index is 1.58. The zero-order valence-electron chi connectivity index (χ0n) is 17.6. The van der Waals surface area contributed by atoms with Crippen molar-refractivity contribution >= 4 is 22.8 Å². The van der Waals surface area contributed by atoms with Gasteiger partial charge in [0.15, 0.2) is 11.5 Å². The zero-order valence-corrected chi connectivity index (χ0v) is 17.6. The number of alkyl halides is 2. The zero-order chi connectivity index (χ0) is 23.1. The van der Waals surface area contributed by atoms with Crippen molar-refractivity contribution in [1.29, 1.82) is 0 Å². The number of carbonyl (C=O) groups excluding carboxylic acids is 1. The topological polar surface area (TPSA) is 111 Å². The third kappa shape index (κ3) is 3.84. The molecule has 0 bridgehead atoms. The minimum atomic E-state index is -2.61. The number of fused-ring (bicyclic) bond motifs is 2. The third-order valence-electron chi connectivity index (χ3n) is 5.68. The van der Waals surface area contributed by atoms with Gasteiger partial charge in [-0.15, -0.1) is 0 Å². The number of hydrogen-bond acceptors (Lipinski definition) is 7. The minimum absolute atomic E-state index is 0.113. The maximum absolute atomic E-state index is 13.6. The number of nitrogens with zero attached hydrogens (tertiary/aromatic N) is 6. The van der Waals surface area contributed by atoms with Crippen LogP contribution in [0.5, 0.6) is 0 Å². The quantitative estimate of drug-likeness (QED) is 0.509. The second kappa shape index (κ2) is 8.12. The van der Waals surface area contributed by atoms with Crippen LogP contribution in [0.15, 0.2) is 48.9 Å². The van der Waals surface area contributed by atoms with Gasteiger partial charge in [-0.2, -0.15) is 0 Å². The van der Waals surface area contributed by atoms with Crippen molar-refractivity contribution in [1.82, 2.24) is 29.8 Å². The molecule has 10 heteroatoms. The fourth-order valence-corrected chi connectivity index (χ4v) is 3.92. The van der Waals surface area contributed by atoms with Crippen molar-refractivity contribution in [3.63, 3.8) is 0 Å². The van der Waals surface area contributed by atoms with Gasteiger partial charge in [0, 0.05) is 36.0 Å². The number of hydrogen-bond donors (Lipinski definition) is 1. The van der Waals surface area contributed by atoms with E-state index in [1.54, 1.807) is 29.4 Å². The van der Waals surface area contributed by atoms with E-state index in [0.29, 0.717) is 46.0 Å². The van der Waals surface area contributed by atoms with E-state index in [1.807, 2.05) is 13.0 Å². The van der Waals surface area contributed by atoms with Gasteiger partial charge in [0.05, 0.1) is 29.5 Å². The van der Waals surface area contributed by atoms with Crippen molar-refractivity contribution in [2.24, 2.45) is 0 Å². The average Bonchev–Trinajstić information content (AvgIpc) is 2.82. The van der Waals surface area contributed by atoms with Crippen molar-refractivity contribution in [3.05, 3.63) is 82.8 Å². The molecule has 0 aliphatic carbocycles. The first-order chi connectivity index (χ1) is 15.9. The largest absolute Gasteiger partial charge is 0.383 e. The van der Waals surface area contributed by atoms with Crippen LogP contribution in [0.1, 0.15) is 51.2 Å². The Morgan fingerprint density at radius 1 is 1.15 bits per heavy atom. The van der Waals surface area contributed by atoms with Crippen LogP contribution in [0.25, 0.3) is 11.0 Å². The number of anilines is 1. The Kier molecular flexibility index (Phi) is 5.12. The predicted octanol–water partition coefficient (Wildman–Crippen LogP) is 3.58. The standard InChI is InChI=1S/C23H19F2N7O/c1-12-7-14-8-16-17(30-21(14)31-20(12)26)9-18(22-27-5-2-6-28-22)32(23(16)33)11-15-4-3-13(10-29-15)19(24)25/h2-8,10,18-19H,9,11H2,1H3,(H2,26,30,31)/t18-/m1/s1. The van der Waals surface area contributed by atoms with Gasteiger partial charge in [0.2, 0.25) is 0 Å². The highest BCUT2D eigenvalue weighted by Crippen LogP contribution is 2.33. The summed E-state index contributed by atoms with van der Waals surface area (Å²) < 4.78 is 25.8. The Bertz CT molecular complexity index is 1350. The maximum atomic E-state index is 13.6. The molecule has 0 aromatic carbocycles. The van der Waals surface area contributed by atoms with E-state index in [2.05, 4.69) is 24.9 Å². The summed E-state index contributed by atoms with van der Waals surface area (Å²) >= 11 is 0. The molecule has 1 atom stereocenters. The SMILES string of the molecule is Cc1cc2cc3c(nc2nc1N)C[C@H](c1ncccn1)N(Cc1ccc(C(F)F)cn1)C3=O. The van der Waals surface area contributed by atoms with Crippen LogP contribution in [-0.4, -0.2) is 35.7 Å². The van der Waals surface area contributed by atoms with E-state index >= 15 is 0 Å². The Morgan fingerprint density at radius 2 is 1.94 bits per heavy atom. The highest BCUT2D eigenvalue weighted by atomic mass is 19.3. The van der Waals surface area contributed by atoms with Crippen LogP contribution in [0.2, 0.25) is 0 Å². The molecular weight excluding hydrogens is 428 g/mol. The molecule has 1 aliphatic heterocycles. The van der Waals surface area contributed by atoms with Gasteiger partial charge in [-0.05, 0) is 42.8 Å². The van der Waals surface area contributed by atoms with Crippen LogP contribution in [0, 0.1) is 6.92 Å². The normalized spacial score (nSPS) is 15.8. The van der Waals surface area contributed by atoms with E-state index in [4.69, 9.17) is 5.73 Å². The van der Waals surface area contributed by atoms with Crippen molar-refractivity contribution in [3.8, 4) is 0 Å². The number of rotatable bonds is 4. The molecular formula is C23H19F2N7O. The van der Waals surface area contributed by atoms with Gasteiger partial charge in [-0.25, -0.2) is 28.7 Å². The first-order valence-corrected chi connectivity index (χ1v) is 10.3. The van der Waals surface area contributed by atoms with E-state index in [0.717, 1.165) is 11.8 Å². The van der Waals surface area contributed by atoms with Gasteiger partial charge >= 0.3 is 0 Å². The fourth-order valence-electron chi connectivity index (χ4n) is 3.92. The monoisotopic (exact) mass is 447 g/mol. The van der Waals surface area contributed by atoms with Gasteiger partial charge in [0.25, 0.3) is 12.3 Å². The summed E-state index contributed by atoms with van der Waals surface area (Å²) in [5, 5.41) is 0.711. The molecule has 1 aliphatic rings. The number of aromatic nitrogens is 5. The lowest BCUT2D eigenvalue weighted by Gasteiger charge is -2.35. The number of nitrogen functional groups attached to an aromatic ring is 1. The number of aryl methyl sites for hydroxylation is 1. The molecule has 4 aromatic rings. The first kappa shape index (κ1) is 20.8. The molecule has 2 N–H and O–H groups in total. The molecule has 5 rings (SSSR count). The number of amides is 1. The summed E-state index contributed by atoms with van der Waals surface area (Å²) in [7, 11) is 0. The molecule has 166 valence electrons. The van der Waals surface area contributed by atoms with Gasteiger partial charge in [0.1, 0.15) is 5.82 Å². The molecule has 5 heterocycles. The Morgan fingerprint density at radius 3 is 2.64 bits per heavy atom. The molecule has 4 aromatic heterocycles. The Labute approximate surface area is 187 Å². The minimum Gasteiger partial charge on any atom is -0.383 e. The summed E-state index contributed by atoms with van der Waals surface area (Å²) in [6.45, 7) is 1.95. The molecule has 0 radical (unpaired) electrons. The highest BCUT2D eigenvalue weighted by Gasteiger charge is 2.36. The summed E-state index contributed by atoms with van der Waals surface area (Å²) in [6, 6.07) is 7.62. The number of pyridine rings is 3. The second-order valence-electron chi connectivity index (χ2n) is 7.86. The average molecular weight is 447 g/mol. The van der Waals surface area contributed by atoms with E-state index in [1.165, 1.54) is 12.1 Å². The predicted molar refractivity (Wildman–Crippen MR) is 116 cm³/mol. The van der Waals surface area contributed by atoms with Crippen LogP contribution < -0.4 is 5.73 Å². The molecule has 33 heavy (non-hydrogen) atoms. The van der Waals surface area contributed by atoms with Crippen LogP contribution in [-0.2, 0) is 13.0 Å². The summed E-state index contributed by atoms with van der Waals surface area (Å²) in [6.07, 6.45) is 2.10. The van der Waals surface area contributed by atoms with Crippen LogP contribution >= 0.6 is 0 Å². The molecule has 0 spiro atoms. The number of carbonyl (C=O) groups is 1. The van der Waals surface area contributed by atoms with E-state index in [-0.39, 0.29) is 18.0 Å². The smallest absolute Gasteiger partial charge is 0.265 e. The van der Waals surface area contributed by atoms with E-state index in [9.17, 15) is 13.6 Å². The van der Waals surface area contributed by atoms with Crippen molar-refractivity contribution < 1.29 is 13.6 Å². The number of nitrogens with two attached hydrogens (primary N) is 1. The molecule has 1 amide bonds. The van der Waals surface area contributed by atoms with E-state index < -0.39 is 12.5 Å². The fraction of sp³-hybridized carbons (Fsp3) is 0.217. The van der Waals surface area contributed by atoms with Gasteiger partial charge in [-0.1, -0.05) is 0 Å². The maximum Gasteiger partial charge on any atom is 0.265 e. The van der Waals surface area contributed by atoms with Gasteiger partial charge in [-0.3, -0.25) is 9.78 Å². The summed E-state index contributed by atoms with van der Waals surface area (Å²) in [5.74, 6) is 0.580. The molecule has 8 nitrogen and oxygen atoms in total. The lowest BCUT2D eigenvalue weighted by atomic mass is 9.95. The summed E-state index contributed by atoms with van der Waals surface area (Å²) in [4.78, 5) is 37.0. The highest BCUT2D eigenvalue weighted by molar-refractivity contribution is 5.99. The van der Waals surface area contributed by atoms with Gasteiger partial charge < -0.3 is 10.6 Å². The van der Waals surface area contributed by atoms with Crippen molar-refractivity contribution in [2.45, 2.75) is 32.4 Å². The molecule has 0 fully saturated rings. The third-order valence-corrected chi connectivity index (χ3v) is 5.68. The molecule has 0 saturated heterocycles. The van der Waals surface area contributed by atoms with Crippen LogP contribution in [0.4, 0.5) is 14.6 Å². The second-order valence-corrected chi connectivity index (χ2v) is 7.86. The first-order valence-electron chi connectivity index (χ1n) is 10.3. The molecule has 0 unspecified atom stereocenters. The van der Waals surface area contributed by atoms with Crippen molar-refractivity contribution in [2.75, 3.05) is 5.73 Å².